The minimum Gasteiger partial charge on any atom is -0.457 e. The number of hydrogen-bond donors (Lipinski definition) is 0. The normalized spacial score (nSPS) is 25.6. The molecular weight excluding hydrogens is 889 g/mol. The monoisotopic (exact) mass is 952 g/mol. The SMILES string of the molecule is CO[C@H]1O[C@H](CO[C@@]2(C)O[C@H](COCc3ccccc3)[C@@H](OC(C)=O)[C@H](OCc3ccccc3)[C@H]2OCc2ccccc2)[C@@H](OCc2ccccc2)[C@H](OCc2ccccc2)[C@H]1OCc1ccccc1. The van der Waals surface area contributed by atoms with Crippen molar-refractivity contribution in [3.8, 4) is 0 Å². The van der Waals surface area contributed by atoms with Gasteiger partial charge in [0.25, 0.3) is 0 Å². The van der Waals surface area contributed by atoms with Crippen molar-refractivity contribution in [1.82, 2.24) is 0 Å². The Morgan fingerprint density at radius 1 is 0.457 bits per heavy atom. The van der Waals surface area contributed by atoms with E-state index in [4.69, 9.17) is 52.1 Å². The second-order valence-electron chi connectivity index (χ2n) is 17.6. The summed E-state index contributed by atoms with van der Waals surface area (Å²) >= 11 is 0. The average molecular weight is 953 g/mol. The lowest BCUT2D eigenvalue weighted by atomic mass is 9.92. The largest absolute Gasteiger partial charge is 0.457 e. The van der Waals surface area contributed by atoms with Gasteiger partial charge < -0.3 is 52.1 Å². The first-order chi connectivity index (χ1) is 34.3. The molecule has 368 valence electrons. The van der Waals surface area contributed by atoms with Gasteiger partial charge in [-0.2, -0.15) is 0 Å². The van der Waals surface area contributed by atoms with Gasteiger partial charge in [0.2, 0.25) is 0 Å². The smallest absolute Gasteiger partial charge is 0.303 e. The Balaban J connectivity index is 1.14. The molecule has 0 saturated carbocycles. The first-order valence-corrected chi connectivity index (χ1v) is 23.9. The fourth-order valence-corrected chi connectivity index (χ4v) is 8.84. The minimum absolute atomic E-state index is 0.0344. The highest BCUT2D eigenvalue weighted by Gasteiger charge is 2.57. The summed E-state index contributed by atoms with van der Waals surface area (Å²) in [4.78, 5) is 13.0. The summed E-state index contributed by atoms with van der Waals surface area (Å²) in [5.41, 5.74) is 5.73. The van der Waals surface area contributed by atoms with Gasteiger partial charge in [-0.15, -0.1) is 0 Å². The van der Waals surface area contributed by atoms with Crippen LogP contribution >= 0.6 is 0 Å². The van der Waals surface area contributed by atoms with Gasteiger partial charge in [0.1, 0.15) is 42.7 Å². The van der Waals surface area contributed by atoms with Crippen molar-refractivity contribution in [3.05, 3.63) is 215 Å². The topological polar surface area (TPSA) is 119 Å². The van der Waals surface area contributed by atoms with Crippen LogP contribution in [0, 0.1) is 0 Å². The van der Waals surface area contributed by atoms with Crippen LogP contribution in [-0.2, 0) is 96.5 Å². The second-order valence-corrected chi connectivity index (χ2v) is 17.6. The lowest BCUT2D eigenvalue weighted by Gasteiger charge is -2.51. The van der Waals surface area contributed by atoms with Gasteiger partial charge in [-0.05, 0) is 40.3 Å². The maximum Gasteiger partial charge on any atom is 0.303 e. The molecule has 0 unspecified atom stereocenters. The van der Waals surface area contributed by atoms with E-state index >= 15 is 0 Å². The fraction of sp³-hybridized carbons (Fsp3) is 0.362. The lowest BCUT2D eigenvalue weighted by molar-refractivity contribution is -0.385. The third kappa shape index (κ3) is 14.3. The summed E-state index contributed by atoms with van der Waals surface area (Å²) in [6, 6.07) is 59.3. The molecular formula is C58H64O12. The predicted molar refractivity (Wildman–Crippen MR) is 262 cm³/mol. The van der Waals surface area contributed by atoms with Crippen LogP contribution in [0.2, 0.25) is 0 Å². The van der Waals surface area contributed by atoms with Crippen molar-refractivity contribution in [1.29, 1.82) is 0 Å². The van der Waals surface area contributed by atoms with E-state index in [0.717, 1.165) is 33.4 Å². The standard InChI is InChI=1S/C58H64O12/c1-42(59)68-52-50(40-61-34-43-22-10-4-11-23-43)70-58(2,56(66-39-48-32-20-9-21-33-48)54(52)64-37-46-28-16-7-17-29-46)67-41-49-51(62-35-44-24-12-5-13-25-44)53(63-36-45-26-14-6-15-27-45)55(57(60-3)69-49)65-38-47-30-18-8-19-31-47/h4-33,49-57H,34-41H2,1-3H3/t49-,50-,51-,52-,53+,54+,55-,56-,57+,58+/m1/s1. The van der Waals surface area contributed by atoms with Crippen LogP contribution < -0.4 is 0 Å². The molecule has 10 atom stereocenters. The zero-order chi connectivity index (χ0) is 48.4. The first-order valence-electron chi connectivity index (χ1n) is 23.9. The Labute approximate surface area is 411 Å². The van der Waals surface area contributed by atoms with Crippen molar-refractivity contribution in [3.63, 3.8) is 0 Å². The van der Waals surface area contributed by atoms with E-state index in [0.29, 0.717) is 6.61 Å². The van der Waals surface area contributed by atoms with Crippen LogP contribution in [0.3, 0.4) is 0 Å². The van der Waals surface area contributed by atoms with Gasteiger partial charge in [0, 0.05) is 14.0 Å². The van der Waals surface area contributed by atoms with E-state index in [-0.39, 0.29) is 46.2 Å². The molecule has 0 aromatic heterocycles. The van der Waals surface area contributed by atoms with E-state index in [2.05, 4.69) is 0 Å². The van der Waals surface area contributed by atoms with Gasteiger partial charge >= 0.3 is 5.97 Å². The maximum atomic E-state index is 13.0. The molecule has 0 spiro atoms. The highest BCUT2D eigenvalue weighted by atomic mass is 16.8. The third-order valence-corrected chi connectivity index (χ3v) is 12.4. The maximum absolute atomic E-state index is 13.0. The molecule has 2 heterocycles. The summed E-state index contributed by atoms with van der Waals surface area (Å²) < 4.78 is 73.8. The summed E-state index contributed by atoms with van der Waals surface area (Å²) in [6.07, 6.45) is -7.58. The fourth-order valence-electron chi connectivity index (χ4n) is 8.84. The molecule has 6 aromatic carbocycles. The van der Waals surface area contributed by atoms with Crippen LogP contribution in [0.5, 0.6) is 0 Å². The molecule has 12 heteroatoms. The number of rotatable bonds is 24. The van der Waals surface area contributed by atoms with Gasteiger partial charge in [-0.3, -0.25) is 4.79 Å². The van der Waals surface area contributed by atoms with Crippen molar-refractivity contribution < 1.29 is 56.9 Å². The molecule has 6 aromatic rings. The highest BCUT2D eigenvalue weighted by molar-refractivity contribution is 5.66. The number of esters is 1. The van der Waals surface area contributed by atoms with E-state index in [9.17, 15) is 4.79 Å². The van der Waals surface area contributed by atoms with Crippen molar-refractivity contribution in [2.75, 3.05) is 20.3 Å². The van der Waals surface area contributed by atoms with Gasteiger partial charge in [0.05, 0.1) is 52.9 Å². The quantitative estimate of drug-likeness (QED) is 0.0538. The number of benzene rings is 6. The number of carbonyl (C=O) groups excluding carboxylic acids is 1. The molecule has 2 aliphatic heterocycles. The zero-order valence-corrected chi connectivity index (χ0v) is 40.1. The molecule has 0 aliphatic carbocycles. The van der Waals surface area contributed by atoms with E-state index in [1.165, 1.54) is 6.92 Å². The van der Waals surface area contributed by atoms with Crippen molar-refractivity contribution >= 4 is 5.97 Å². The Morgan fingerprint density at radius 2 is 0.843 bits per heavy atom. The molecule has 0 radical (unpaired) electrons. The number of hydrogen-bond acceptors (Lipinski definition) is 12. The number of methoxy groups -OCH3 is 1. The van der Waals surface area contributed by atoms with Gasteiger partial charge in [-0.1, -0.05) is 182 Å². The summed E-state index contributed by atoms with van der Waals surface area (Å²) in [6.45, 7) is 4.58. The predicted octanol–water partition coefficient (Wildman–Crippen LogP) is 9.56. The second kappa shape index (κ2) is 26.0. The molecule has 12 nitrogen and oxygen atoms in total. The Hall–Kier alpha value is -5.61. The molecule has 0 bridgehead atoms. The molecule has 70 heavy (non-hydrogen) atoms. The van der Waals surface area contributed by atoms with Crippen LogP contribution in [0.4, 0.5) is 0 Å². The summed E-state index contributed by atoms with van der Waals surface area (Å²) in [7, 11) is 1.59. The van der Waals surface area contributed by atoms with Gasteiger partial charge in [-0.25, -0.2) is 0 Å². The Bertz CT molecular complexity index is 2400. The third-order valence-electron chi connectivity index (χ3n) is 12.4. The van der Waals surface area contributed by atoms with E-state index in [1.54, 1.807) is 7.11 Å². The molecule has 2 fully saturated rings. The summed E-state index contributed by atoms with van der Waals surface area (Å²) in [5.74, 6) is -2.07. The molecule has 2 saturated heterocycles. The van der Waals surface area contributed by atoms with Crippen LogP contribution in [-0.4, -0.2) is 87.2 Å². The van der Waals surface area contributed by atoms with Crippen molar-refractivity contribution in [2.24, 2.45) is 0 Å². The van der Waals surface area contributed by atoms with E-state index < -0.39 is 66.9 Å². The Morgan fingerprint density at radius 3 is 1.27 bits per heavy atom. The average Bonchev–Trinajstić information content (AvgIpc) is 3.40. The molecule has 8 rings (SSSR count). The van der Waals surface area contributed by atoms with Crippen LogP contribution in [0.25, 0.3) is 0 Å². The van der Waals surface area contributed by atoms with Crippen LogP contribution in [0.1, 0.15) is 47.2 Å². The van der Waals surface area contributed by atoms with Crippen molar-refractivity contribution in [2.45, 2.75) is 114 Å². The highest BCUT2D eigenvalue weighted by Crippen LogP contribution is 2.39. The number of ether oxygens (including phenoxy) is 11. The lowest BCUT2D eigenvalue weighted by Crippen LogP contribution is -2.68. The Kier molecular flexibility index (Phi) is 18.9. The number of carbonyl (C=O) groups is 1. The zero-order valence-electron chi connectivity index (χ0n) is 40.1. The summed E-state index contributed by atoms with van der Waals surface area (Å²) in [5, 5.41) is 0. The first kappa shape index (κ1) is 50.8. The molecule has 0 N–H and O–H groups in total. The van der Waals surface area contributed by atoms with E-state index in [1.807, 2.05) is 189 Å². The molecule has 2 aliphatic rings. The van der Waals surface area contributed by atoms with Gasteiger partial charge in [0.15, 0.2) is 18.2 Å². The minimum atomic E-state index is -1.56. The van der Waals surface area contributed by atoms with Crippen LogP contribution in [0.15, 0.2) is 182 Å². The molecule has 0 amide bonds.